The summed E-state index contributed by atoms with van der Waals surface area (Å²) in [4.78, 5) is 13.2. The molecule has 5 nitrogen and oxygen atoms in total. The summed E-state index contributed by atoms with van der Waals surface area (Å²) in [6.45, 7) is 5.90. The minimum Gasteiger partial charge on any atom is -0.265 e. The average molecular weight is 330 g/mol. The number of hydrogen-bond acceptors (Lipinski definition) is 3. The van der Waals surface area contributed by atoms with Crippen LogP contribution in [0.15, 0.2) is 59.5 Å². The summed E-state index contributed by atoms with van der Waals surface area (Å²) in [7, 11) is 0. The molecule has 4 aromatic rings. The molecule has 0 saturated heterocycles. The Labute approximate surface area is 145 Å². The number of para-hydroxylation sites is 1. The largest absolute Gasteiger partial charge is 0.298 e. The molecule has 0 N–H and O–H groups in total. The van der Waals surface area contributed by atoms with Gasteiger partial charge in [0.15, 0.2) is 0 Å². The Morgan fingerprint density at radius 2 is 1.60 bits per heavy atom. The van der Waals surface area contributed by atoms with E-state index in [-0.39, 0.29) is 5.56 Å². The van der Waals surface area contributed by atoms with E-state index in [0.717, 1.165) is 33.6 Å². The third-order valence-electron chi connectivity index (χ3n) is 4.43. The maximum Gasteiger partial charge on any atom is 0.298 e. The van der Waals surface area contributed by atoms with Gasteiger partial charge in [0.1, 0.15) is 5.52 Å². The van der Waals surface area contributed by atoms with Crippen molar-refractivity contribution in [1.82, 2.24) is 19.6 Å². The highest BCUT2D eigenvalue weighted by Gasteiger charge is 2.16. The molecule has 0 spiro atoms. The van der Waals surface area contributed by atoms with E-state index in [9.17, 15) is 4.79 Å². The van der Waals surface area contributed by atoms with Crippen molar-refractivity contribution in [2.24, 2.45) is 0 Å². The molecule has 0 amide bonds. The molecule has 2 aromatic heterocycles. The lowest BCUT2D eigenvalue weighted by Gasteiger charge is -2.10. The van der Waals surface area contributed by atoms with Crippen molar-refractivity contribution in [3.63, 3.8) is 0 Å². The molecule has 5 heteroatoms. The highest BCUT2D eigenvalue weighted by molar-refractivity contribution is 5.81. The van der Waals surface area contributed by atoms with Gasteiger partial charge < -0.3 is 0 Å². The van der Waals surface area contributed by atoms with Crippen LogP contribution in [0.3, 0.4) is 0 Å². The molecule has 0 unspecified atom stereocenters. The summed E-state index contributed by atoms with van der Waals surface area (Å²) >= 11 is 0. The molecule has 0 aliphatic heterocycles. The Kier molecular flexibility index (Phi) is 3.50. The van der Waals surface area contributed by atoms with E-state index in [1.165, 1.54) is 4.68 Å². The van der Waals surface area contributed by atoms with E-state index in [2.05, 4.69) is 10.2 Å². The second-order valence-corrected chi connectivity index (χ2v) is 6.24. The number of benzene rings is 2. The molecule has 0 radical (unpaired) electrons. The lowest BCUT2D eigenvalue weighted by molar-refractivity contribution is 0.786. The van der Waals surface area contributed by atoms with Crippen molar-refractivity contribution >= 4 is 10.9 Å². The van der Waals surface area contributed by atoms with Crippen LogP contribution in [0.1, 0.15) is 16.8 Å². The normalized spacial score (nSPS) is 11.2. The first-order valence-electron chi connectivity index (χ1n) is 8.17. The van der Waals surface area contributed by atoms with E-state index in [4.69, 9.17) is 0 Å². The van der Waals surface area contributed by atoms with Gasteiger partial charge in [0.2, 0.25) is 0 Å². The van der Waals surface area contributed by atoms with Gasteiger partial charge in [-0.1, -0.05) is 35.9 Å². The molecule has 4 rings (SSSR count). The van der Waals surface area contributed by atoms with Crippen molar-refractivity contribution < 1.29 is 0 Å². The predicted molar refractivity (Wildman–Crippen MR) is 98.7 cm³/mol. The Morgan fingerprint density at radius 3 is 2.32 bits per heavy atom. The third-order valence-corrected chi connectivity index (χ3v) is 4.43. The average Bonchev–Trinajstić information content (AvgIpc) is 3.05. The van der Waals surface area contributed by atoms with Crippen LogP contribution < -0.4 is 5.56 Å². The second kappa shape index (κ2) is 5.70. The number of hydrogen-bond donors (Lipinski definition) is 0. The van der Waals surface area contributed by atoms with Gasteiger partial charge in [-0.05, 0) is 44.5 Å². The zero-order chi connectivity index (χ0) is 17.6. The van der Waals surface area contributed by atoms with E-state index < -0.39 is 0 Å². The van der Waals surface area contributed by atoms with Gasteiger partial charge in [0.25, 0.3) is 5.56 Å². The first-order valence-corrected chi connectivity index (χ1v) is 8.17. The lowest BCUT2D eigenvalue weighted by Crippen LogP contribution is -2.24. The molecule has 2 heterocycles. The van der Waals surface area contributed by atoms with Gasteiger partial charge in [-0.2, -0.15) is 14.9 Å². The maximum absolute atomic E-state index is 13.2. The molecule has 124 valence electrons. The highest BCUT2D eigenvalue weighted by atomic mass is 16.1. The summed E-state index contributed by atoms with van der Waals surface area (Å²) in [5.41, 5.74) is 4.95. The van der Waals surface area contributed by atoms with Gasteiger partial charge in [-0.3, -0.25) is 4.79 Å². The fourth-order valence-corrected chi connectivity index (χ4v) is 3.01. The monoisotopic (exact) mass is 330 g/mol. The smallest absolute Gasteiger partial charge is 0.265 e. The molecule has 0 fully saturated rings. The molecular weight excluding hydrogens is 312 g/mol. The number of fused-ring (bicyclic) bond motifs is 1. The highest BCUT2D eigenvalue weighted by Crippen LogP contribution is 2.19. The molecule has 2 aromatic carbocycles. The van der Waals surface area contributed by atoms with E-state index in [1.807, 2.05) is 69.3 Å². The van der Waals surface area contributed by atoms with E-state index >= 15 is 0 Å². The number of rotatable bonds is 2. The summed E-state index contributed by atoms with van der Waals surface area (Å²) in [5, 5.41) is 9.71. The fourth-order valence-electron chi connectivity index (χ4n) is 3.01. The van der Waals surface area contributed by atoms with Crippen molar-refractivity contribution in [2.45, 2.75) is 20.8 Å². The number of aryl methyl sites for hydroxylation is 3. The summed E-state index contributed by atoms with van der Waals surface area (Å²) < 4.78 is 3.17. The SMILES string of the molecule is Cc1ccc(-n2ncc3c(C)nn(-c4ccccc4C)c(=O)c32)cc1. The Bertz CT molecular complexity index is 1140. The van der Waals surface area contributed by atoms with E-state index in [1.54, 1.807) is 10.9 Å². The zero-order valence-electron chi connectivity index (χ0n) is 14.4. The van der Waals surface area contributed by atoms with Crippen LogP contribution in [-0.4, -0.2) is 19.6 Å². The van der Waals surface area contributed by atoms with Crippen LogP contribution in [-0.2, 0) is 0 Å². The molecule has 0 saturated carbocycles. The van der Waals surface area contributed by atoms with Crippen molar-refractivity contribution in [3.05, 3.63) is 81.9 Å². The van der Waals surface area contributed by atoms with Crippen LogP contribution >= 0.6 is 0 Å². The predicted octanol–water partition coefficient (Wildman–Crippen LogP) is 3.50. The van der Waals surface area contributed by atoms with Gasteiger partial charge in [0.05, 0.1) is 23.3 Å². The van der Waals surface area contributed by atoms with Crippen LogP contribution in [0, 0.1) is 20.8 Å². The van der Waals surface area contributed by atoms with Gasteiger partial charge >= 0.3 is 0 Å². The molecule has 0 bridgehead atoms. The summed E-state index contributed by atoms with van der Waals surface area (Å²) in [5.74, 6) is 0. The quantitative estimate of drug-likeness (QED) is 0.565. The zero-order valence-corrected chi connectivity index (χ0v) is 14.4. The van der Waals surface area contributed by atoms with Crippen LogP contribution in [0.25, 0.3) is 22.3 Å². The van der Waals surface area contributed by atoms with Gasteiger partial charge in [-0.15, -0.1) is 0 Å². The van der Waals surface area contributed by atoms with Crippen LogP contribution in [0.2, 0.25) is 0 Å². The topological polar surface area (TPSA) is 52.7 Å². The molecule has 0 aliphatic rings. The summed E-state index contributed by atoms with van der Waals surface area (Å²) in [6.07, 6.45) is 1.71. The number of nitrogens with zero attached hydrogens (tertiary/aromatic N) is 4. The molecule has 0 aliphatic carbocycles. The van der Waals surface area contributed by atoms with Crippen LogP contribution in [0.4, 0.5) is 0 Å². The standard InChI is InChI=1S/C20H18N4O/c1-13-8-10-16(11-9-13)23-19-17(12-21-23)15(3)22-24(20(19)25)18-7-5-4-6-14(18)2/h4-12H,1-3H3. The summed E-state index contributed by atoms with van der Waals surface area (Å²) in [6, 6.07) is 15.7. The first-order chi connectivity index (χ1) is 12.1. The molecule has 0 atom stereocenters. The minimum absolute atomic E-state index is 0.173. The first kappa shape index (κ1) is 15.3. The minimum atomic E-state index is -0.173. The van der Waals surface area contributed by atoms with Crippen molar-refractivity contribution in [1.29, 1.82) is 0 Å². The maximum atomic E-state index is 13.2. The fraction of sp³-hybridized carbons (Fsp3) is 0.150. The second-order valence-electron chi connectivity index (χ2n) is 6.24. The lowest BCUT2D eigenvalue weighted by atomic mass is 10.2. The molecular formula is C20H18N4O. The van der Waals surface area contributed by atoms with Crippen molar-refractivity contribution in [2.75, 3.05) is 0 Å². The Morgan fingerprint density at radius 1 is 0.880 bits per heavy atom. The Balaban J connectivity index is 2.05. The van der Waals surface area contributed by atoms with Gasteiger partial charge in [0, 0.05) is 5.39 Å². The Hall–Kier alpha value is -3.21. The van der Waals surface area contributed by atoms with E-state index in [0.29, 0.717) is 5.52 Å². The van der Waals surface area contributed by atoms with Gasteiger partial charge in [-0.25, -0.2) is 4.68 Å². The third kappa shape index (κ3) is 2.45. The number of aromatic nitrogens is 4. The molecule has 25 heavy (non-hydrogen) atoms. The van der Waals surface area contributed by atoms with Crippen molar-refractivity contribution in [3.8, 4) is 11.4 Å². The van der Waals surface area contributed by atoms with Crippen LogP contribution in [0.5, 0.6) is 0 Å².